The van der Waals surface area contributed by atoms with Crippen LogP contribution < -0.4 is 0 Å². The molecule has 2 N–H and O–H groups in total. The first-order valence-electron chi connectivity index (χ1n) is 9.94. The molecule has 0 heterocycles. The van der Waals surface area contributed by atoms with E-state index in [2.05, 4.69) is 27.7 Å². The average molecular weight is 359 g/mol. The fourth-order valence-electron chi connectivity index (χ4n) is 3.46. The average Bonchev–Trinajstić information content (AvgIpc) is 2.59. The summed E-state index contributed by atoms with van der Waals surface area (Å²) in [6.45, 7) is 7.82. The predicted molar refractivity (Wildman–Crippen MR) is 99.8 cm³/mol. The highest BCUT2D eigenvalue weighted by molar-refractivity contribution is 5.78. The fraction of sp³-hybridized carbons (Fsp3) is 0.900. The monoisotopic (exact) mass is 358 g/mol. The van der Waals surface area contributed by atoms with Crippen LogP contribution in [0.15, 0.2) is 0 Å². The van der Waals surface area contributed by atoms with Gasteiger partial charge in [0.2, 0.25) is 0 Å². The first-order valence-corrected chi connectivity index (χ1v) is 9.94. The van der Waals surface area contributed by atoms with Gasteiger partial charge in [-0.25, -0.2) is 9.59 Å². The van der Waals surface area contributed by atoms with Crippen LogP contribution in [0.25, 0.3) is 0 Å². The first-order chi connectivity index (χ1) is 11.8. The lowest BCUT2D eigenvalue weighted by Gasteiger charge is -2.35. The molecule has 0 spiro atoms. The highest BCUT2D eigenvalue weighted by atomic mass is 16.5. The highest BCUT2D eigenvalue weighted by Gasteiger charge is 2.43. The summed E-state index contributed by atoms with van der Waals surface area (Å²) in [7, 11) is 0. The van der Waals surface area contributed by atoms with Gasteiger partial charge in [-0.1, -0.05) is 79.1 Å². The van der Waals surface area contributed by atoms with Crippen molar-refractivity contribution >= 4 is 11.9 Å². The Morgan fingerprint density at radius 1 is 0.880 bits per heavy atom. The summed E-state index contributed by atoms with van der Waals surface area (Å²) in [6.07, 6.45) is 8.74. The van der Waals surface area contributed by atoms with Crippen LogP contribution in [0, 0.1) is 11.8 Å². The van der Waals surface area contributed by atoms with Crippen LogP contribution in [0.5, 0.6) is 0 Å². The lowest BCUT2D eigenvalue weighted by Crippen LogP contribution is -2.46. The Morgan fingerprint density at radius 3 is 1.60 bits per heavy atom. The fourth-order valence-corrected chi connectivity index (χ4v) is 3.46. The smallest absolute Gasteiger partial charge is 0.336 e. The van der Waals surface area contributed by atoms with E-state index in [4.69, 9.17) is 9.84 Å². The first kappa shape index (κ1) is 23.9. The van der Waals surface area contributed by atoms with Crippen molar-refractivity contribution in [2.75, 3.05) is 6.61 Å². The van der Waals surface area contributed by atoms with Gasteiger partial charge in [-0.2, -0.15) is 0 Å². The molecule has 0 fully saturated rings. The van der Waals surface area contributed by atoms with Gasteiger partial charge in [0.05, 0.1) is 0 Å². The zero-order valence-corrected chi connectivity index (χ0v) is 16.6. The van der Waals surface area contributed by atoms with Gasteiger partial charge in [-0.3, -0.25) is 0 Å². The van der Waals surface area contributed by atoms with Crippen LogP contribution in [0.2, 0.25) is 0 Å². The summed E-state index contributed by atoms with van der Waals surface area (Å²) in [4.78, 5) is 23.2. The Labute approximate surface area is 153 Å². The van der Waals surface area contributed by atoms with Crippen molar-refractivity contribution in [1.82, 2.24) is 0 Å². The number of hydrogen-bond donors (Lipinski definition) is 2. The number of hydrogen-bond acceptors (Lipinski definition) is 3. The number of carbonyl (C=O) groups is 2. The molecule has 0 saturated heterocycles. The molecule has 2 atom stereocenters. The van der Waals surface area contributed by atoms with Crippen LogP contribution in [-0.2, 0) is 14.3 Å². The second-order valence-corrected chi connectivity index (χ2v) is 7.22. The zero-order chi connectivity index (χ0) is 19.3. The van der Waals surface area contributed by atoms with E-state index in [0.717, 1.165) is 51.4 Å². The molecular formula is C20H38O5. The molecule has 0 aromatic carbocycles. The van der Waals surface area contributed by atoms with Crippen LogP contribution in [-0.4, -0.2) is 34.4 Å². The van der Waals surface area contributed by atoms with Gasteiger partial charge in [0.15, 0.2) is 5.60 Å². The lowest BCUT2D eigenvalue weighted by molar-refractivity contribution is -0.177. The molecule has 25 heavy (non-hydrogen) atoms. The van der Waals surface area contributed by atoms with Gasteiger partial charge >= 0.3 is 11.9 Å². The highest BCUT2D eigenvalue weighted by Crippen LogP contribution is 2.35. The van der Waals surface area contributed by atoms with Crippen molar-refractivity contribution in [3.63, 3.8) is 0 Å². The quantitative estimate of drug-likeness (QED) is 0.400. The van der Waals surface area contributed by atoms with Gasteiger partial charge in [0, 0.05) is 0 Å². The SMILES string of the molecule is CCCCC(CC)CC(CC(CC)CCCC)(OCC(=O)O)C(=O)O. The van der Waals surface area contributed by atoms with E-state index >= 15 is 0 Å². The molecule has 0 aliphatic heterocycles. The van der Waals surface area contributed by atoms with Gasteiger partial charge in [-0.15, -0.1) is 0 Å². The zero-order valence-electron chi connectivity index (χ0n) is 16.6. The maximum atomic E-state index is 12.2. The number of carboxylic acids is 2. The Morgan fingerprint density at radius 2 is 1.32 bits per heavy atom. The molecule has 0 aromatic rings. The maximum absolute atomic E-state index is 12.2. The molecule has 148 valence electrons. The number of unbranched alkanes of at least 4 members (excludes halogenated alkanes) is 2. The van der Waals surface area contributed by atoms with Crippen LogP contribution in [0.1, 0.15) is 91.9 Å². The summed E-state index contributed by atoms with van der Waals surface area (Å²) in [5, 5.41) is 19.0. The van der Waals surface area contributed by atoms with Gasteiger partial charge in [-0.05, 0) is 24.7 Å². The van der Waals surface area contributed by atoms with Crippen molar-refractivity contribution < 1.29 is 24.5 Å². The summed E-state index contributed by atoms with van der Waals surface area (Å²) >= 11 is 0. The molecule has 0 radical (unpaired) electrons. The Hall–Kier alpha value is -1.10. The van der Waals surface area contributed by atoms with Gasteiger partial charge in [0.25, 0.3) is 0 Å². The van der Waals surface area contributed by atoms with Crippen molar-refractivity contribution in [1.29, 1.82) is 0 Å². The Kier molecular flexibility index (Phi) is 12.6. The van der Waals surface area contributed by atoms with Crippen molar-refractivity contribution in [3.8, 4) is 0 Å². The minimum atomic E-state index is -1.39. The number of carboxylic acid groups (broad SMARTS) is 2. The van der Waals surface area contributed by atoms with E-state index in [9.17, 15) is 14.7 Å². The van der Waals surface area contributed by atoms with Crippen LogP contribution in [0.3, 0.4) is 0 Å². The molecular weight excluding hydrogens is 320 g/mol. The second-order valence-electron chi connectivity index (χ2n) is 7.22. The molecule has 0 rings (SSSR count). The molecule has 2 unspecified atom stereocenters. The summed E-state index contributed by atoms with van der Waals surface area (Å²) in [5.41, 5.74) is -1.39. The molecule has 5 heteroatoms. The number of rotatable bonds is 16. The Balaban J connectivity index is 5.38. The van der Waals surface area contributed by atoms with Crippen molar-refractivity contribution in [3.05, 3.63) is 0 Å². The van der Waals surface area contributed by atoms with Crippen LogP contribution >= 0.6 is 0 Å². The molecule has 0 saturated carbocycles. The predicted octanol–water partition coefficient (Wildman–Crippen LogP) is 5.12. The molecule has 0 bridgehead atoms. The molecule has 0 aliphatic carbocycles. The topological polar surface area (TPSA) is 83.8 Å². The number of aliphatic carboxylic acids is 2. The van der Waals surface area contributed by atoms with Crippen LogP contribution in [0.4, 0.5) is 0 Å². The van der Waals surface area contributed by atoms with E-state index in [1.165, 1.54) is 0 Å². The van der Waals surface area contributed by atoms with E-state index in [1.54, 1.807) is 0 Å². The maximum Gasteiger partial charge on any atom is 0.336 e. The largest absolute Gasteiger partial charge is 0.480 e. The third-order valence-corrected chi connectivity index (χ3v) is 5.19. The minimum absolute atomic E-state index is 0.244. The third kappa shape index (κ3) is 9.24. The summed E-state index contributed by atoms with van der Waals surface area (Å²) in [5.74, 6) is -1.64. The van der Waals surface area contributed by atoms with Gasteiger partial charge < -0.3 is 14.9 Å². The van der Waals surface area contributed by atoms with E-state index in [1.807, 2.05) is 0 Å². The van der Waals surface area contributed by atoms with Gasteiger partial charge in [0.1, 0.15) is 6.61 Å². The van der Waals surface area contributed by atoms with E-state index < -0.39 is 24.1 Å². The molecule has 5 nitrogen and oxygen atoms in total. The second kappa shape index (κ2) is 13.2. The number of ether oxygens (including phenoxy) is 1. The summed E-state index contributed by atoms with van der Waals surface area (Å²) in [6, 6.07) is 0. The van der Waals surface area contributed by atoms with Crippen molar-refractivity contribution in [2.24, 2.45) is 11.8 Å². The standard InChI is InChI=1S/C20H38O5/c1-5-9-11-16(7-3)13-20(19(23)24,25-15-18(21)22)14-17(8-4)12-10-6-2/h16-17H,5-15H2,1-4H3,(H,21,22)(H,23,24). The Bertz CT molecular complexity index is 362. The summed E-state index contributed by atoms with van der Waals surface area (Å²) < 4.78 is 5.58. The minimum Gasteiger partial charge on any atom is -0.480 e. The lowest BCUT2D eigenvalue weighted by atomic mass is 9.78. The van der Waals surface area contributed by atoms with E-state index in [-0.39, 0.29) is 11.8 Å². The van der Waals surface area contributed by atoms with E-state index in [0.29, 0.717) is 12.8 Å². The third-order valence-electron chi connectivity index (χ3n) is 5.19. The normalized spacial score (nSPS) is 16.2. The molecule has 0 aromatic heterocycles. The molecule has 0 aliphatic rings. The molecule has 0 amide bonds. The van der Waals surface area contributed by atoms with Crippen molar-refractivity contribution in [2.45, 2.75) is 97.5 Å².